The minimum Gasteiger partial charge on any atom is -0.378 e. The van der Waals surface area contributed by atoms with Gasteiger partial charge in [0.1, 0.15) is 11.5 Å². The van der Waals surface area contributed by atoms with E-state index >= 15 is 0 Å². The molecule has 0 aliphatic rings. The maximum atomic E-state index is 12.8. The standard InChI is InChI=1S/C14H12F3N5O4/c15-14(16,17)10-2-1-5-19-13(10)20-7-6-18-11-4-3-9(21(23)24)8-12(11)22(25)26/h1-5,8,18H,6-7H2,(H,19,20). The van der Waals surface area contributed by atoms with Crippen molar-refractivity contribution in [3.05, 3.63) is 62.3 Å². The number of pyridine rings is 1. The van der Waals surface area contributed by atoms with E-state index in [-0.39, 0.29) is 24.6 Å². The monoisotopic (exact) mass is 371 g/mol. The van der Waals surface area contributed by atoms with Crippen LogP contribution in [0.15, 0.2) is 36.5 Å². The minimum atomic E-state index is -4.57. The summed E-state index contributed by atoms with van der Waals surface area (Å²) >= 11 is 0. The average molecular weight is 371 g/mol. The predicted octanol–water partition coefficient (Wildman–Crippen LogP) is 3.44. The van der Waals surface area contributed by atoms with Gasteiger partial charge in [0.2, 0.25) is 0 Å². The van der Waals surface area contributed by atoms with Gasteiger partial charge in [-0.25, -0.2) is 4.98 Å². The summed E-state index contributed by atoms with van der Waals surface area (Å²) in [6.07, 6.45) is -3.37. The highest BCUT2D eigenvalue weighted by Crippen LogP contribution is 2.33. The number of hydrogen-bond acceptors (Lipinski definition) is 7. The van der Waals surface area contributed by atoms with E-state index in [9.17, 15) is 33.4 Å². The molecule has 0 radical (unpaired) electrons. The number of halogens is 3. The highest BCUT2D eigenvalue weighted by molar-refractivity contribution is 5.65. The first kappa shape index (κ1) is 18.9. The van der Waals surface area contributed by atoms with Crippen LogP contribution in [0.3, 0.4) is 0 Å². The van der Waals surface area contributed by atoms with E-state index in [0.717, 1.165) is 30.3 Å². The Hall–Kier alpha value is -3.44. The fourth-order valence-electron chi connectivity index (χ4n) is 2.09. The number of anilines is 2. The molecule has 0 amide bonds. The summed E-state index contributed by atoms with van der Waals surface area (Å²) < 4.78 is 38.5. The quantitative estimate of drug-likeness (QED) is 0.434. The first-order chi connectivity index (χ1) is 12.2. The van der Waals surface area contributed by atoms with Crippen LogP contribution in [0.5, 0.6) is 0 Å². The van der Waals surface area contributed by atoms with Gasteiger partial charge in [-0.05, 0) is 18.2 Å². The molecule has 2 N–H and O–H groups in total. The molecule has 9 nitrogen and oxygen atoms in total. The fraction of sp³-hybridized carbons (Fsp3) is 0.214. The third kappa shape index (κ3) is 4.55. The smallest absolute Gasteiger partial charge is 0.378 e. The summed E-state index contributed by atoms with van der Waals surface area (Å²) in [4.78, 5) is 23.7. The Kier molecular flexibility index (Phi) is 5.54. The number of benzene rings is 1. The van der Waals surface area contributed by atoms with E-state index in [2.05, 4.69) is 15.6 Å². The first-order valence-corrected chi connectivity index (χ1v) is 7.13. The van der Waals surface area contributed by atoms with Gasteiger partial charge in [-0.15, -0.1) is 0 Å². The van der Waals surface area contributed by atoms with Crippen LogP contribution in [0.1, 0.15) is 5.56 Å². The third-order valence-electron chi connectivity index (χ3n) is 3.23. The topological polar surface area (TPSA) is 123 Å². The summed E-state index contributed by atoms with van der Waals surface area (Å²) in [5.74, 6) is -0.361. The van der Waals surface area contributed by atoms with E-state index in [1.165, 1.54) is 6.20 Å². The minimum absolute atomic E-state index is 0.0134. The molecule has 2 aromatic rings. The number of nitro groups is 2. The van der Waals surface area contributed by atoms with Crippen LogP contribution < -0.4 is 10.6 Å². The lowest BCUT2D eigenvalue weighted by molar-refractivity contribution is -0.393. The van der Waals surface area contributed by atoms with Crippen molar-refractivity contribution in [1.82, 2.24) is 4.98 Å². The first-order valence-electron chi connectivity index (χ1n) is 7.13. The van der Waals surface area contributed by atoms with Gasteiger partial charge in [0.05, 0.1) is 21.5 Å². The zero-order valence-electron chi connectivity index (χ0n) is 13.0. The molecule has 1 aromatic heterocycles. The number of nitrogens with one attached hydrogen (secondary N) is 2. The van der Waals surface area contributed by atoms with E-state index in [0.29, 0.717) is 0 Å². The SMILES string of the molecule is O=[N+]([O-])c1ccc(NCCNc2ncccc2C(F)(F)F)c([N+](=O)[O-])c1. The molecule has 2 rings (SSSR count). The lowest BCUT2D eigenvalue weighted by atomic mass is 10.2. The van der Waals surface area contributed by atoms with Crippen LogP contribution in [-0.4, -0.2) is 27.9 Å². The van der Waals surface area contributed by atoms with Crippen molar-refractivity contribution < 1.29 is 23.0 Å². The summed E-state index contributed by atoms with van der Waals surface area (Å²) in [6, 6.07) is 5.09. The highest BCUT2D eigenvalue weighted by Gasteiger charge is 2.33. The summed E-state index contributed by atoms with van der Waals surface area (Å²) in [5.41, 5.74) is -1.86. The van der Waals surface area contributed by atoms with E-state index in [4.69, 9.17) is 0 Å². The number of alkyl halides is 3. The van der Waals surface area contributed by atoms with Gasteiger partial charge in [0.25, 0.3) is 11.4 Å². The van der Waals surface area contributed by atoms with E-state index in [1.54, 1.807) is 0 Å². The molecule has 138 valence electrons. The Morgan fingerprint density at radius 1 is 1.04 bits per heavy atom. The molecule has 1 heterocycles. The molecule has 0 spiro atoms. The molecule has 0 aliphatic carbocycles. The fourth-order valence-corrected chi connectivity index (χ4v) is 2.09. The van der Waals surface area contributed by atoms with Crippen LogP contribution in [0, 0.1) is 20.2 Å². The van der Waals surface area contributed by atoms with Crippen molar-refractivity contribution in [3.8, 4) is 0 Å². The van der Waals surface area contributed by atoms with Crippen molar-refractivity contribution in [2.24, 2.45) is 0 Å². The summed E-state index contributed by atoms with van der Waals surface area (Å²) in [6.45, 7) is 0.000752. The lowest BCUT2D eigenvalue weighted by Crippen LogP contribution is -2.18. The maximum absolute atomic E-state index is 12.8. The van der Waals surface area contributed by atoms with Gasteiger partial charge < -0.3 is 10.6 Å². The molecule has 0 atom stereocenters. The normalized spacial score (nSPS) is 11.0. The summed E-state index contributed by atoms with van der Waals surface area (Å²) in [5, 5.41) is 26.8. The molecular formula is C14H12F3N5O4. The van der Waals surface area contributed by atoms with Crippen LogP contribution >= 0.6 is 0 Å². The zero-order chi connectivity index (χ0) is 19.3. The molecule has 0 fully saturated rings. The molecule has 1 aromatic carbocycles. The largest absolute Gasteiger partial charge is 0.419 e. The van der Waals surface area contributed by atoms with Gasteiger partial charge in [-0.2, -0.15) is 13.2 Å². The van der Waals surface area contributed by atoms with Crippen molar-refractivity contribution in [3.63, 3.8) is 0 Å². The van der Waals surface area contributed by atoms with Crippen molar-refractivity contribution >= 4 is 22.9 Å². The predicted molar refractivity (Wildman–Crippen MR) is 86.0 cm³/mol. The van der Waals surface area contributed by atoms with Crippen LogP contribution in [0.4, 0.5) is 36.1 Å². The Morgan fingerprint density at radius 3 is 2.35 bits per heavy atom. The second-order valence-corrected chi connectivity index (χ2v) is 4.97. The Morgan fingerprint density at radius 2 is 1.73 bits per heavy atom. The number of nitrogens with zero attached hydrogens (tertiary/aromatic N) is 3. The van der Waals surface area contributed by atoms with Crippen molar-refractivity contribution in [1.29, 1.82) is 0 Å². The number of rotatable bonds is 7. The molecule has 0 unspecified atom stereocenters. The molecule has 12 heteroatoms. The number of aromatic nitrogens is 1. The Labute approximate surface area is 144 Å². The molecular weight excluding hydrogens is 359 g/mol. The van der Waals surface area contributed by atoms with Crippen LogP contribution in [-0.2, 0) is 6.18 Å². The van der Waals surface area contributed by atoms with Crippen LogP contribution in [0.25, 0.3) is 0 Å². The van der Waals surface area contributed by atoms with E-state index in [1.807, 2.05) is 0 Å². The van der Waals surface area contributed by atoms with Gasteiger partial charge >= 0.3 is 6.18 Å². The van der Waals surface area contributed by atoms with Gasteiger partial charge in [-0.3, -0.25) is 20.2 Å². The van der Waals surface area contributed by atoms with Gasteiger partial charge in [0.15, 0.2) is 0 Å². The third-order valence-corrected chi connectivity index (χ3v) is 3.23. The molecule has 0 saturated heterocycles. The summed E-state index contributed by atoms with van der Waals surface area (Å²) in [7, 11) is 0. The van der Waals surface area contributed by atoms with Crippen molar-refractivity contribution in [2.75, 3.05) is 23.7 Å². The number of non-ortho nitro benzene ring substituents is 1. The number of nitro benzene ring substituents is 2. The Bertz CT molecular complexity index is 828. The molecule has 0 saturated carbocycles. The zero-order valence-corrected chi connectivity index (χ0v) is 13.0. The van der Waals surface area contributed by atoms with Gasteiger partial charge in [-0.1, -0.05) is 0 Å². The Balaban J connectivity index is 2.03. The molecule has 0 bridgehead atoms. The second kappa shape index (κ2) is 7.63. The molecule has 0 aliphatic heterocycles. The number of hydrogen-bond donors (Lipinski definition) is 2. The van der Waals surface area contributed by atoms with Crippen molar-refractivity contribution in [2.45, 2.75) is 6.18 Å². The maximum Gasteiger partial charge on any atom is 0.419 e. The second-order valence-electron chi connectivity index (χ2n) is 4.97. The van der Waals surface area contributed by atoms with E-state index < -0.39 is 33.0 Å². The van der Waals surface area contributed by atoms with Crippen LogP contribution in [0.2, 0.25) is 0 Å². The molecule has 26 heavy (non-hydrogen) atoms. The average Bonchev–Trinajstić information content (AvgIpc) is 2.58. The van der Waals surface area contributed by atoms with Gasteiger partial charge in [0, 0.05) is 25.4 Å². The highest BCUT2D eigenvalue weighted by atomic mass is 19.4. The lowest BCUT2D eigenvalue weighted by Gasteiger charge is -2.13.